The van der Waals surface area contributed by atoms with Crippen LogP contribution in [0, 0.1) is 6.92 Å². The molecule has 27 heavy (non-hydrogen) atoms. The van der Waals surface area contributed by atoms with Crippen LogP contribution in [0.5, 0.6) is 0 Å². The molecule has 0 saturated carbocycles. The molecule has 0 atom stereocenters. The van der Waals surface area contributed by atoms with Crippen LogP contribution in [0.2, 0.25) is 5.02 Å². The summed E-state index contributed by atoms with van der Waals surface area (Å²) in [5, 5.41) is 5.47. The summed E-state index contributed by atoms with van der Waals surface area (Å²) in [7, 11) is 0. The van der Waals surface area contributed by atoms with Gasteiger partial charge in [0, 0.05) is 12.4 Å². The van der Waals surface area contributed by atoms with Crippen molar-refractivity contribution in [3.05, 3.63) is 53.1 Å². The van der Waals surface area contributed by atoms with Gasteiger partial charge < -0.3 is 16.4 Å². The number of nitrogens with one attached hydrogen (secondary N) is 2. The molecule has 0 spiro atoms. The van der Waals surface area contributed by atoms with Crippen molar-refractivity contribution in [3.8, 4) is 0 Å². The third-order valence-corrected chi connectivity index (χ3v) is 3.82. The largest absolute Gasteiger partial charge is 0.417 e. The van der Waals surface area contributed by atoms with E-state index in [1.807, 2.05) is 13.0 Å². The number of halogens is 4. The number of nitrogen functional groups attached to an aromatic ring is 1. The Hall–Kier alpha value is -3.14. The van der Waals surface area contributed by atoms with Crippen molar-refractivity contribution >= 4 is 40.6 Å². The molecule has 0 saturated heterocycles. The van der Waals surface area contributed by atoms with Gasteiger partial charge in [0.2, 0.25) is 0 Å². The minimum Gasteiger partial charge on any atom is -0.393 e. The molecule has 0 radical (unpaired) electrons. The minimum absolute atomic E-state index is 0.0185. The molecule has 3 rings (SSSR count). The first-order chi connectivity index (χ1) is 12.8. The fourth-order valence-corrected chi connectivity index (χ4v) is 2.33. The summed E-state index contributed by atoms with van der Waals surface area (Å²) in [5.74, 6) is 0.946. The van der Waals surface area contributed by atoms with Crippen molar-refractivity contribution in [2.24, 2.45) is 0 Å². The summed E-state index contributed by atoms with van der Waals surface area (Å²) in [6.45, 7) is 1.86. The minimum atomic E-state index is -4.54. The lowest BCUT2D eigenvalue weighted by atomic mass is 10.2. The molecule has 0 fully saturated rings. The average Bonchev–Trinajstić information content (AvgIpc) is 2.61. The maximum atomic E-state index is 12.7. The lowest BCUT2D eigenvalue weighted by molar-refractivity contribution is -0.137. The van der Waals surface area contributed by atoms with E-state index in [0.717, 1.165) is 11.6 Å². The third kappa shape index (κ3) is 4.17. The summed E-state index contributed by atoms with van der Waals surface area (Å²) < 4.78 is 38.1. The Morgan fingerprint density at radius 2 is 1.67 bits per heavy atom. The van der Waals surface area contributed by atoms with Crippen LogP contribution in [-0.4, -0.2) is 19.9 Å². The van der Waals surface area contributed by atoms with Gasteiger partial charge in [-0.15, -0.1) is 0 Å². The van der Waals surface area contributed by atoms with Crippen LogP contribution in [0.25, 0.3) is 0 Å². The number of hydrogen-bond acceptors (Lipinski definition) is 7. The van der Waals surface area contributed by atoms with Gasteiger partial charge in [-0.2, -0.15) is 13.2 Å². The number of aryl methyl sites for hydroxylation is 1. The highest BCUT2D eigenvalue weighted by Gasteiger charge is 2.31. The van der Waals surface area contributed by atoms with Crippen molar-refractivity contribution in [3.63, 3.8) is 0 Å². The Bertz CT molecular complexity index is 978. The molecule has 0 aliphatic rings. The van der Waals surface area contributed by atoms with Crippen LogP contribution in [0.4, 0.5) is 42.1 Å². The van der Waals surface area contributed by atoms with Crippen LogP contribution in [0.1, 0.15) is 11.1 Å². The maximum Gasteiger partial charge on any atom is 0.417 e. The second-order valence-corrected chi connectivity index (χ2v) is 5.86. The Balaban J connectivity index is 1.87. The normalized spacial score (nSPS) is 11.3. The van der Waals surface area contributed by atoms with E-state index in [9.17, 15) is 13.2 Å². The number of anilines is 5. The summed E-state index contributed by atoms with van der Waals surface area (Å²) in [5.41, 5.74) is 6.09. The van der Waals surface area contributed by atoms with Gasteiger partial charge in [0.1, 0.15) is 23.7 Å². The van der Waals surface area contributed by atoms with Crippen LogP contribution < -0.4 is 16.4 Å². The highest BCUT2D eigenvalue weighted by Crippen LogP contribution is 2.34. The zero-order chi connectivity index (χ0) is 19.6. The third-order valence-electron chi connectivity index (χ3n) is 3.54. The van der Waals surface area contributed by atoms with Gasteiger partial charge in [-0.1, -0.05) is 17.7 Å². The standard InChI is InChI=1S/C16H13ClF3N7/c1-8-3-2-4-22-12(8)26-14-11(21)15(25-7-24-14)27-13-10(17)5-9(6-23-13)16(18,19)20/h2-7H,21H2,1H3,(H2,22,23,24,25,26,27). The number of rotatable bonds is 4. The van der Waals surface area contributed by atoms with Gasteiger partial charge in [0.25, 0.3) is 0 Å². The highest BCUT2D eigenvalue weighted by atomic mass is 35.5. The number of pyridine rings is 2. The molecule has 0 aromatic carbocycles. The molecular weight excluding hydrogens is 383 g/mol. The molecule has 3 heterocycles. The number of nitrogens with zero attached hydrogens (tertiary/aromatic N) is 4. The van der Waals surface area contributed by atoms with E-state index in [-0.39, 0.29) is 28.2 Å². The molecule has 0 bridgehead atoms. The quantitative estimate of drug-likeness (QED) is 0.604. The molecule has 3 aromatic rings. The maximum absolute atomic E-state index is 12.7. The molecule has 4 N–H and O–H groups in total. The molecule has 3 aromatic heterocycles. The topological polar surface area (TPSA) is 102 Å². The molecule has 7 nitrogen and oxygen atoms in total. The lowest BCUT2D eigenvalue weighted by Crippen LogP contribution is -2.09. The summed E-state index contributed by atoms with van der Waals surface area (Å²) >= 11 is 5.89. The van der Waals surface area contributed by atoms with E-state index < -0.39 is 11.7 Å². The van der Waals surface area contributed by atoms with E-state index in [0.29, 0.717) is 12.0 Å². The summed E-state index contributed by atoms with van der Waals surface area (Å²) in [6, 6.07) is 4.41. The predicted octanol–water partition coefficient (Wildman–Crippen LogP) is 4.32. The van der Waals surface area contributed by atoms with E-state index in [1.165, 1.54) is 6.33 Å². The zero-order valence-electron chi connectivity index (χ0n) is 13.8. The molecule has 11 heteroatoms. The molecule has 0 aliphatic carbocycles. The second kappa shape index (κ2) is 7.23. The van der Waals surface area contributed by atoms with Crippen molar-refractivity contribution in [1.29, 1.82) is 0 Å². The van der Waals surface area contributed by atoms with Crippen LogP contribution in [0.3, 0.4) is 0 Å². The molecule has 0 amide bonds. The molecule has 0 unspecified atom stereocenters. The summed E-state index contributed by atoms with van der Waals surface area (Å²) in [4.78, 5) is 15.9. The van der Waals surface area contributed by atoms with Gasteiger partial charge in [-0.25, -0.2) is 19.9 Å². The highest BCUT2D eigenvalue weighted by molar-refractivity contribution is 6.33. The molecule has 140 valence electrons. The zero-order valence-corrected chi connectivity index (χ0v) is 14.6. The first-order valence-corrected chi connectivity index (χ1v) is 7.92. The fraction of sp³-hybridized carbons (Fsp3) is 0.125. The van der Waals surface area contributed by atoms with E-state index in [2.05, 4.69) is 30.6 Å². The van der Waals surface area contributed by atoms with Crippen LogP contribution >= 0.6 is 11.6 Å². The van der Waals surface area contributed by atoms with Gasteiger partial charge >= 0.3 is 6.18 Å². The van der Waals surface area contributed by atoms with Gasteiger partial charge in [-0.05, 0) is 24.6 Å². The Labute approximate surface area is 156 Å². The summed E-state index contributed by atoms with van der Waals surface area (Å²) in [6.07, 6.45) is -1.03. The number of alkyl halides is 3. The van der Waals surface area contributed by atoms with Crippen molar-refractivity contribution in [2.45, 2.75) is 13.1 Å². The number of hydrogen-bond donors (Lipinski definition) is 3. The van der Waals surface area contributed by atoms with Crippen LogP contribution in [0.15, 0.2) is 36.9 Å². The van der Waals surface area contributed by atoms with Crippen molar-refractivity contribution < 1.29 is 13.2 Å². The van der Waals surface area contributed by atoms with E-state index >= 15 is 0 Å². The second-order valence-electron chi connectivity index (χ2n) is 5.46. The van der Waals surface area contributed by atoms with Crippen LogP contribution in [-0.2, 0) is 6.18 Å². The average molecular weight is 396 g/mol. The predicted molar refractivity (Wildman–Crippen MR) is 96.2 cm³/mol. The number of nitrogens with two attached hydrogens (primary N) is 1. The van der Waals surface area contributed by atoms with E-state index in [4.69, 9.17) is 17.3 Å². The van der Waals surface area contributed by atoms with Gasteiger partial charge in [0.05, 0.1) is 10.6 Å². The Kier molecular flexibility index (Phi) is 5.00. The first-order valence-electron chi connectivity index (χ1n) is 7.54. The lowest BCUT2D eigenvalue weighted by Gasteiger charge is -2.14. The van der Waals surface area contributed by atoms with Crippen molar-refractivity contribution in [1.82, 2.24) is 19.9 Å². The smallest absolute Gasteiger partial charge is 0.393 e. The molecule has 0 aliphatic heterocycles. The SMILES string of the molecule is Cc1cccnc1Nc1ncnc(Nc2ncc(C(F)(F)F)cc2Cl)c1N. The van der Waals surface area contributed by atoms with Gasteiger partial charge in [-0.3, -0.25) is 0 Å². The first kappa shape index (κ1) is 18.6. The fourth-order valence-electron chi connectivity index (χ4n) is 2.12. The molecular formula is C16H13ClF3N7. The Morgan fingerprint density at radius 3 is 2.26 bits per heavy atom. The van der Waals surface area contributed by atoms with Crippen molar-refractivity contribution in [2.75, 3.05) is 16.4 Å². The monoisotopic (exact) mass is 395 g/mol. The van der Waals surface area contributed by atoms with E-state index in [1.54, 1.807) is 12.3 Å². The number of aromatic nitrogens is 4. The van der Waals surface area contributed by atoms with Gasteiger partial charge in [0.15, 0.2) is 11.6 Å². The Morgan fingerprint density at radius 1 is 1.00 bits per heavy atom.